The van der Waals surface area contributed by atoms with Crippen LogP contribution in [0.5, 0.6) is 5.75 Å². The first-order chi connectivity index (χ1) is 11.4. The van der Waals surface area contributed by atoms with Crippen LogP contribution in [0.3, 0.4) is 0 Å². The van der Waals surface area contributed by atoms with Crippen LogP contribution in [0.25, 0.3) is 0 Å². The molecule has 0 aromatic heterocycles. The molecule has 1 aromatic rings. The standard InChI is InChI=1S/C19H26N2O3/c1-19(2,3)24-18(22)20-10-8-15-14(12-20)13-6-4-7-16-17(13)21(15)9-5-11-23-16/h4,6-7,14-15H,5,8-12H2,1-3H3/t14-,15-/m0/s1. The minimum atomic E-state index is -0.449. The number of amides is 1. The van der Waals surface area contributed by atoms with E-state index < -0.39 is 5.60 Å². The highest BCUT2D eigenvalue weighted by atomic mass is 16.6. The lowest BCUT2D eigenvalue weighted by Gasteiger charge is -2.39. The highest BCUT2D eigenvalue weighted by molar-refractivity contribution is 5.73. The summed E-state index contributed by atoms with van der Waals surface area (Å²) in [5, 5.41) is 0. The van der Waals surface area contributed by atoms with Gasteiger partial charge < -0.3 is 19.3 Å². The van der Waals surface area contributed by atoms with Crippen LogP contribution in [-0.4, -0.2) is 48.9 Å². The van der Waals surface area contributed by atoms with Gasteiger partial charge in [0.25, 0.3) is 0 Å². The third-order valence-corrected chi connectivity index (χ3v) is 5.15. The molecule has 1 amide bonds. The van der Waals surface area contributed by atoms with Gasteiger partial charge in [-0.15, -0.1) is 0 Å². The zero-order chi connectivity index (χ0) is 16.9. The Labute approximate surface area is 143 Å². The Bertz CT molecular complexity index is 653. The number of fused-ring (bicyclic) bond motifs is 3. The molecule has 3 heterocycles. The van der Waals surface area contributed by atoms with Crippen LogP contribution in [0.2, 0.25) is 0 Å². The van der Waals surface area contributed by atoms with E-state index >= 15 is 0 Å². The molecular weight excluding hydrogens is 304 g/mol. The minimum Gasteiger partial charge on any atom is -0.491 e. The highest BCUT2D eigenvalue weighted by Gasteiger charge is 2.45. The van der Waals surface area contributed by atoms with Crippen molar-refractivity contribution in [3.63, 3.8) is 0 Å². The largest absolute Gasteiger partial charge is 0.491 e. The fourth-order valence-corrected chi connectivity index (χ4v) is 4.23. The maximum atomic E-state index is 12.5. The van der Waals surface area contributed by atoms with E-state index in [1.165, 1.54) is 11.3 Å². The van der Waals surface area contributed by atoms with Crippen molar-refractivity contribution in [1.29, 1.82) is 0 Å². The fourth-order valence-electron chi connectivity index (χ4n) is 4.23. The minimum absolute atomic E-state index is 0.194. The lowest BCUT2D eigenvalue weighted by molar-refractivity contribution is 0.0189. The first kappa shape index (κ1) is 15.6. The first-order valence-corrected chi connectivity index (χ1v) is 8.94. The summed E-state index contributed by atoms with van der Waals surface area (Å²) in [6, 6.07) is 6.82. The second-order valence-electron chi connectivity index (χ2n) is 7.98. The lowest BCUT2D eigenvalue weighted by atomic mass is 9.89. The smallest absolute Gasteiger partial charge is 0.410 e. The summed E-state index contributed by atoms with van der Waals surface area (Å²) in [7, 11) is 0. The molecule has 4 rings (SSSR count). The molecule has 24 heavy (non-hydrogen) atoms. The molecule has 1 saturated heterocycles. The van der Waals surface area contributed by atoms with Crippen LogP contribution < -0.4 is 9.64 Å². The van der Waals surface area contributed by atoms with Gasteiger partial charge in [-0.1, -0.05) is 12.1 Å². The van der Waals surface area contributed by atoms with E-state index in [9.17, 15) is 4.79 Å². The number of carbonyl (C=O) groups excluding carboxylic acids is 1. The van der Waals surface area contributed by atoms with Crippen LogP contribution in [0, 0.1) is 0 Å². The molecule has 1 aromatic carbocycles. The normalized spacial score (nSPS) is 25.5. The summed E-state index contributed by atoms with van der Waals surface area (Å²) in [4.78, 5) is 16.9. The molecule has 130 valence electrons. The molecule has 0 spiro atoms. The monoisotopic (exact) mass is 330 g/mol. The number of para-hydroxylation sites is 1. The van der Waals surface area contributed by atoms with Crippen LogP contribution in [0.1, 0.15) is 45.1 Å². The predicted octanol–water partition coefficient (Wildman–Crippen LogP) is 3.38. The van der Waals surface area contributed by atoms with E-state index in [2.05, 4.69) is 23.1 Å². The molecule has 3 aliphatic rings. The summed E-state index contributed by atoms with van der Waals surface area (Å²) < 4.78 is 11.5. The van der Waals surface area contributed by atoms with Gasteiger partial charge in [-0.2, -0.15) is 0 Å². The number of rotatable bonds is 0. The summed E-state index contributed by atoms with van der Waals surface area (Å²) in [6.45, 7) is 9.06. The maximum Gasteiger partial charge on any atom is 0.410 e. The zero-order valence-corrected chi connectivity index (χ0v) is 14.7. The second kappa shape index (κ2) is 5.57. The van der Waals surface area contributed by atoms with Crippen molar-refractivity contribution in [3.8, 4) is 5.75 Å². The summed E-state index contributed by atoms with van der Waals surface area (Å²) >= 11 is 0. The molecular formula is C19H26N2O3. The van der Waals surface area contributed by atoms with Gasteiger partial charge >= 0.3 is 6.09 Å². The molecule has 0 N–H and O–H groups in total. The summed E-state index contributed by atoms with van der Waals surface area (Å²) in [5.74, 6) is 1.35. The maximum absolute atomic E-state index is 12.5. The average molecular weight is 330 g/mol. The number of hydrogen-bond acceptors (Lipinski definition) is 4. The average Bonchev–Trinajstić information content (AvgIpc) is 2.69. The number of anilines is 1. The highest BCUT2D eigenvalue weighted by Crippen LogP contribution is 2.49. The fraction of sp³-hybridized carbons (Fsp3) is 0.632. The molecule has 1 fully saturated rings. The van der Waals surface area contributed by atoms with Gasteiger partial charge in [-0.25, -0.2) is 4.79 Å². The van der Waals surface area contributed by atoms with Crippen molar-refractivity contribution >= 4 is 11.8 Å². The van der Waals surface area contributed by atoms with E-state index in [1.807, 2.05) is 25.7 Å². The van der Waals surface area contributed by atoms with Gasteiger partial charge in [0, 0.05) is 31.6 Å². The second-order valence-corrected chi connectivity index (χ2v) is 7.98. The van der Waals surface area contributed by atoms with Crippen LogP contribution in [0.15, 0.2) is 18.2 Å². The quantitative estimate of drug-likeness (QED) is 0.731. The van der Waals surface area contributed by atoms with Gasteiger partial charge in [0.2, 0.25) is 0 Å². The molecule has 0 unspecified atom stereocenters. The molecule has 5 nitrogen and oxygen atoms in total. The Hall–Kier alpha value is -1.91. The Morgan fingerprint density at radius 2 is 2.12 bits per heavy atom. The van der Waals surface area contributed by atoms with Crippen molar-refractivity contribution in [2.24, 2.45) is 0 Å². The van der Waals surface area contributed by atoms with Crippen molar-refractivity contribution < 1.29 is 14.3 Å². The number of nitrogens with zero attached hydrogens (tertiary/aromatic N) is 2. The van der Waals surface area contributed by atoms with E-state index in [0.717, 1.165) is 44.8 Å². The van der Waals surface area contributed by atoms with Crippen molar-refractivity contribution in [2.45, 2.75) is 51.2 Å². The van der Waals surface area contributed by atoms with Crippen LogP contribution in [-0.2, 0) is 4.74 Å². The summed E-state index contributed by atoms with van der Waals surface area (Å²) in [5.41, 5.74) is 2.14. The third-order valence-electron chi connectivity index (χ3n) is 5.15. The number of carbonyl (C=O) groups is 1. The summed E-state index contributed by atoms with van der Waals surface area (Å²) in [6.07, 6.45) is 1.84. The van der Waals surface area contributed by atoms with E-state index in [0.29, 0.717) is 12.0 Å². The number of likely N-dealkylation sites (tertiary alicyclic amines) is 1. The van der Waals surface area contributed by atoms with Crippen molar-refractivity contribution in [1.82, 2.24) is 4.90 Å². The van der Waals surface area contributed by atoms with E-state index in [-0.39, 0.29) is 6.09 Å². The molecule has 0 bridgehead atoms. The topological polar surface area (TPSA) is 42.0 Å². The molecule has 0 aliphatic carbocycles. The predicted molar refractivity (Wildman–Crippen MR) is 92.9 cm³/mol. The Morgan fingerprint density at radius 1 is 1.29 bits per heavy atom. The van der Waals surface area contributed by atoms with Gasteiger partial charge in [-0.3, -0.25) is 0 Å². The first-order valence-electron chi connectivity index (χ1n) is 8.94. The third kappa shape index (κ3) is 2.60. The number of ether oxygens (including phenoxy) is 2. The van der Waals surface area contributed by atoms with Crippen LogP contribution in [0.4, 0.5) is 10.5 Å². The molecule has 0 saturated carbocycles. The van der Waals surface area contributed by atoms with Crippen LogP contribution >= 0.6 is 0 Å². The Kier molecular flexibility index (Phi) is 3.62. The lowest BCUT2D eigenvalue weighted by Crippen LogP contribution is -2.49. The van der Waals surface area contributed by atoms with Gasteiger partial charge in [0.15, 0.2) is 0 Å². The molecule has 3 aliphatic heterocycles. The van der Waals surface area contributed by atoms with Gasteiger partial charge in [-0.05, 0) is 45.2 Å². The molecule has 0 radical (unpaired) electrons. The SMILES string of the molecule is CC(C)(C)OC(=O)N1CC[C@H]2[C@@H](C1)c1cccc3c1N2CCCO3. The van der Waals surface area contributed by atoms with E-state index in [1.54, 1.807) is 0 Å². The van der Waals surface area contributed by atoms with Gasteiger partial charge in [0.05, 0.1) is 12.3 Å². The van der Waals surface area contributed by atoms with Gasteiger partial charge in [0.1, 0.15) is 11.4 Å². The number of hydrogen-bond donors (Lipinski definition) is 0. The number of benzene rings is 1. The number of piperidine rings is 1. The Balaban J connectivity index is 1.60. The Morgan fingerprint density at radius 3 is 2.92 bits per heavy atom. The zero-order valence-electron chi connectivity index (χ0n) is 14.7. The van der Waals surface area contributed by atoms with Crippen molar-refractivity contribution in [3.05, 3.63) is 23.8 Å². The van der Waals surface area contributed by atoms with E-state index in [4.69, 9.17) is 9.47 Å². The van der Waals surface area contributed by atoms with Crippen molar-refractivity contribution in [2.75, 3.05) is 31.1 Å². The molecule has 2 atom stereocenters. The molecule has 5 heteroatoms.